The van der Waals surface area contributed by atoms with Gasteiger partial charge in [0.1, 0.15) is 6.04 Å². The number of ether oxygens (including phenoxy) is 2. The molecule has 1 amide bonds. The molecular formula is C19H26N2O5. The van der Waals surface area contributed by atoms with Gasteiger partial charge in [-0.2, -0.15) is 0 Å². The first-order chi connectivity index (χ1) is 12.5. The maximum absolute atomic E-state index is 12.4. The summed E-state index contributed by atoms with van der Waals surface area (Å²) < 4.78 is 9.82. The van der Waals surface area contributed by atoms with Crippen molar-refractivity contribution in [1.29, 1.82) is 0 Å². The molecule has 1 rings (SSSR count). The number of benzene rings is 1. The zero-order chi connectivity index (χ0) is 19.4. The molecule has 7 nitrogen and oxygen atoms in total. The van der Waals surface area contributed by atoms with Gasteiger partial charge in [0.05, 0.1) is 13.2 Å². The molecule has 0 aliphatic rings. The van der Waals surface area contributed by atoms with E-state index in [9.17, 15) is 14.4 Å². The van der Waals surface area contributed by atoms with E-state index >= 15 is 0 Å². The zero-order valence-corrected chi connectivity index (χ0v) is 15.2. The fourth-order valence-corrected chi connectivity index (χ4v) is 2.16. The predicted octanol–water partition coefficient (Wildman–Crippen LogP) is 2.29. The molecule has 0 saturated carbocycles. The summed E-state index contributed by atoms with van der Waals surface area (Å²) in [6.07, 6.45) is 1.86. The topological polar surface area (TPSA) is 93.7 Å². The quantitative estimate of drug-likeness (QED) is 0.463. The third-order valence-corrected chi connectivity index (χ3v) is 3.42. The van der Waals surface area contributed by atoms with Crippen molar-refractivity contribution in [3.8, 4) is 0 Å². The second-order valence-electron chi connectivity index (χ2n) is 5.37. The number of nitrogens with one attached hydrogen (secondary N) is 2. The van der Waals surface area contributed by atoms with Gasteiger partial charge in [0.2, 0.25) is 0 Å². The zero-order valence-electron chi connectivity index (χ0n) is 15.2. The van der Waals surface area contributed by atoms with Crippen molar-refractivity contribution in [3.63, 3.8) is 0 Å². The van der Waals surface area contributed by atoms with Crippen LogP contribution in [0, 0.1) is 0 Å². The maximum atomic E-state index is 12.4. The molecule has 2 N–H and O–H groups in total. The molecule has 7 heteroatoms. The van der Waals surface area contributed by atoms with Crippen molar-refractivity contribution in [1.82, 2.24) is 5.32 Å². The van der Waals surface area contributed by atoms with Crippen molar-refractivity contribution < 1.29 is 23.9 Å². The van der Waals surface area contributed by atoms with Gasteiger partial charge >= 0.3 is 11.9 Å². The Labute approximate surface area is 153 Å². The van der Waals surface area contributed by atoms with E-state index in [-0.39, 0.29) is 26.1 Å². The van der Waals surface area contributed by atoms with Gasteiger partial charge in [-0.15, -0.1) is 6.58 Å². The van der Waals surface area contributed by atoms with Crippen LogP contribution >= 0.6 is 0 Å². The van der Waals surface area contributed by atoms with Gasteiger partial charge in [-0.05, 0) is 44.5 Å². The molecule has 0 unspecified atom stereocenters. The molecule has 1 aromatic carbocycles. The monoisotopic (exact) mass is 362 g/mol. The van der Waals surface area contributed by atoms with E-state index in [1.165, 1.54) is 0 Å². The second kappa shape index (κ2) is 11.7. The SMILES string of the molecule is C=CCNc1ccc(C(=O)N[C@@H](CCC(=O)OCC)C(=O)OCC)cc1. The van der Waals surface area contributed by atoms with Crippen LogP contribution in [0.25, 0.3) is 0 Å². The smallest absolute Gasteiger partial charge is 0.328 e. The standard InChI is InChI=1S/C19H26N2O5/c1-4-13-20-15-9-7-14(8-10-15)18(23)21-16(19(24)26-6-3)11-12-17(22)25-5-2/h4,7-10,16,20H,1,5-6,11-13H2,2-3H3,(H,21,23)/t16-/m0/s1. The number of carbonyl (C=O) groups is 3. The first-order valence-electron chi connectivity index (χ1n) is 8.59. The number of esters is 2. The number of hydrogen-bond donors (Lipinski definition) is 2. The summed E-state index contributed by atoms with van der Waals surface area (Å²) in [5.74, 6) is -1.41. The first kappa shape index (κ1) is 21.2. The molecule has 1 atom stereocenters. The van der Waals surface area contributed by atoms with E-state index in [0.717, 1.165) is 5.69 Å². The van der Waals surface area contributed by atoms with Crippen LogP contribution in [0.3, 0.4) is 0 Å². The Morgan fingerprint density at radius 2 is 1.77 bits per heavy atom. The Balaban J connectivity index is 2.72. The second-order valence-corrected chi connectivity index (χ2v) is 5.37. The molecule has 0 heterocycles. The number of hydrogen-bond acceptors (Lipinski definition) is 6. The summed E-state index contributed by atoms with van der Waals surface area (Å²) in [6, 6.07) is 5.90. The van der Waals surface area contributed by atoms with E-state index in [0.29, 0.717) is 12.1 Å². The molecule has 0 aliphatic heterocycles. The van der Waals surface area contributed by atoms with Gasteiger partial charge in [0.15, 0.2) is 0 Å². The number of amides is 1. The summed E-state index contributed by atoms with van der Waals surface area (Å²) in [4.78, 5) is 35.9. The van der Waals surface area contributed by atoms with Gasteiger partial charge in [-0.25, -0.2) is 4.79 Å². The van der Waals surface area contributed by atoms with Crippen LogP contribution in [-0.2, 0) is 19.1 Å². The minimum atomic E-state index is -0.912. The molecule has 0 aliphatic carbocycles. The van der Waals surface area contributed by atoms with Crippen LogP contribution in [0.15, 0.2) is 36.9 Å². The lowest BCUT2D eigenvalue weighted by Crippen LogP contribution is -2.42. The van der Waals surface area contributed by atoms with Gasteiger partial charge < -0.3 is 20.1 Å². The van der Waals surface area contributed by atoms with E-state index in [1.54, 1.807) is 44.2 Å². The molecule has 26 heavy (non-hydrogen) atoms. The first-order valence-corrected chi connectivity index (χ1v) is 8.59. The van der Waals surface area contributed by atoms with Gasteiger partial charge in [0, 0.05) is 24.2 Å². The largest absolute Gasteiger partial charge is 0.466 e. The maximum Gasteiger partial charge on any atom is 0.328 e. The van der Waals surface area contributed by atoms with Crippen LogP contribution in [0.1, 0.15) is 37.0 Å². The van der Waals surface area contributed by atoms with E-state index in [4.69, 9.17) is 9.47 Å². The van der Waals surface area contributed by atoms with Gasteiger partial charge in [-0.3, -0.25) is 9.59 Å². The summed E-state index contributed by atoms with van der Waals surface area (Å²) in [5, 5.41) is 5.73. The predicted molar refractivity (Wildman–Crippen MR) is 98.9 cm³/mol. The Hall–Kier alpha value is -2.83. The van der Waals surface area contributed by atoms with Crippen LogP contribution in [0.2, 0.25) is 0 Å². The van der Waals surface area contributed by atoms with Crippen LogP contribution < -0.4 is 10.6 Å². The summed E-state index contributed by atoms with van der Waals surface area (Å²) in [6.45, 7) is 8.08. The lowest BCUT2D eigenvalue weighted by atomic mass is 10.1. The molecular weight excluding hydrogens is 336 g/mol. The van der Waals surface area contributed by atoms with E-state index < -0.39 is 23.9 Å². The highest BCUT2D eigenvalue weighted by molar-refractivity contribution is 5.97. The van der Waals surface area contributed by atoms with Gasteiger partial charge in [-0.1, -0.05) is 6.08 Å². The Morgan fingerprint density at radius 1 is 1.12 bits per heavy atom. The Bertz CT molecular complexity index is 613. The normalized spacial score (nSPS) is 11.2. The fourth-order valence-electron chi connectivity index (χ4n) is 2.16. The van der Waals surface area contributed by atoms with Crippen LogP contribution in [0.4, 0.5) is 5.69 Å². The highest BCUT2D eigenvalue weighted by Crippen LogP contribution is 2.10. The van der Waals surface area contributed by atoms with Crippen molar-refractivity contribution in [2.24, 2.45) is 0 Å². The average Bonchev–Trinajstić information content (AvgIpc) is 2.64. The van der Waals surface area contributed by atoms with Crippen molar-refractivity contribution in [2.75, 3.05) is 25.1 Å². The third-order valence-electron chi connectivity index (χ3n) is 3.42. The lowest BCUT2D eigenvalue weighted by Gasteiger charge is -2.17. The molecule has 1 aromatic rings. The number of rotatable bonds is 11. The fraction of sp³-hybridized carbons (Fsp3) is 0.421. The summed E-state index contributed by atoms with van der Waals surface area (Å²) >= 11 is 0. The summed E-state index contributed by atoms with van der Waals surface area (Å²) in [7, 11) is 0. The Kier molecular flexibility index (Phi) is 9.53. The van der Waals surface area contributed by atoms with Crippen LogP contribution in [0.5, 0.6) is 0 Å². The minimum Gasteiger partial charge on any atom is -0.466 e. The third kappa shape index (κ3) is 7.38. The number of anilines is 1. The Morgan fingerprint density at radius 3 is 2.35 bits per heavy atom. The average molecular weight is 362 g/mol. The highest BCUT2D eigenvalue weighted by atomic mass is 16.5. The number of carbonyl (C=O) groups excluding carboxylic acids is 3. The minimum absolute atomic E-state index is 0.0159. The molecule has 0 radical (unpaired) electrons. The van der Waals surface area contributed by atoms with Crippen molar-refractivity contribution in [2.45, 2.75) is 32.7 Å². The molecule has 0 saturated heterocycles. The van der Waals surface area contributed by atoms with Crippen LogP contribution in [-0.4, -0.2) is 43.6 Å². The molecule has 0 bridgehead atoms. The summed E-state index contributed by atoms with van der Waals surface area (Å²) in [5.41, 5.74) is 1.25. The van der Waals surface area contributed by atoms with E-state index in [2.05, 4.69) is 17.2 Å². The van der Waals surface area contributed by atoms with Gasteiger partial charge in [0.25, 0.3) is 5.91 Å². The van der Waals surface area contributed by atoms with Crippen molar-refractivity contribution in [3.05, 3.63) is 42.5 Å². The van der Waals surface area contributed by atoms with E-state index in [1.807, 2.05) is 0 Å². The highest BCUT2D eigenvalue weighted by Gasteiger charge is 2.23. The molecule has 0 aromatic heterocycles. The lowest BCUT2D eigenvalue weighted by molar-refractivity contribution is -0.146. The van der Waals surface area contributed by atoms with Crippen molar-refractivity contribution >= 4 is 23.5 Å². The molecule has 0 fully saturated rings. The molecule has 0 spiro atoms. The molecule has 142 valence electrons.